The highest BCUT2D eigenvalue weighted by molar-refractivity contribution is 7.92. The van der Waals surface area contributed by atoms with E-state index in [1.807, 2.05) is 47.1 Å². The molecule has 49 heavy (non-hydrogen) atoms. The highest BCUT2D eigenvalue weighted by atomic mass is 32.2. The molecule has 258 valence electrons. The molecule has 2 atom stereocenters. The minimum absolute atomic E-state index is 0.00850. The number of hydrogen-bond acceptors (Lipinski definition) is 12. The van der Waals surface area contributed by atoms with Crippen molar-refractivity contribution < 1.29 is 18.3 Å². The van der Waals surface area contributed by atoms with Crippen LogP contribution >= 0.6 is 0 Å². The number of benzene rings is 3. The maximum atomic E-state index is 14.0. The molecule has 0 unspecified atom stereocenters. The van der Waals surface area contributed by atoms with Gasteiger partial charge in [0, 0.05) is 70.0 Å². The fraction of sp³-hybridized carbons (Fsp3) is 0.353. The Morgan fingerprint density at radius 1 is 0.898 bits per heavy atom. The predicted molar refractivity (Wildman–Crippen MR) is 189 cm³/mol. The summed E-state index contributed by atoms with van der Waals surface area (Å²) in [5.41, 5.74) is 14.8. The Morgan fingerprint density at radius 3 is 2.14 bits per heavy atom. The molecule has 3 aromatic carbocycles. The average Bonchev–Trinajstić information content (AvgIpc) is 3.07. The SMILES string of the molecule is CC(=O)N1CCN(c2nc(Nc3ccc(N(Cc4ccccc4)S(=O)(=O)c4ccc(C)cc4)c(O)c3)nc(N3C[C@H](N)C[C@H](N)C3)n2)CC1. The molecule has 1 aromatic heterocycles. The molecule has 0 radical (unpaired) electrons. The number of aryl methyl sites for hydroxylation is 1. The third-order valence-corrected chi connectivity index (χ3v) is 10.5. The van der Waals surface area contributed by atoms with Crippen molar-refractivity contribution in [2.75, 3.05) is 58.7 Å². The second-order valence-corrected chi connectivity index (χ2v) is 14.4. The zero-order valence-electron chi connectivity index (χ0n) is 27.6. The van der Waals surface area contributed by atoms with E-state index in [9.17, 15) is 18.3 Å². The quantitative estimate of drug-likeness (QED) is 0.202. The van der Waals surface area contributed by atoms with Crippen LogP contribution in [0.25, 0.3) is 0 Å². The number of aromatic nitrogens is 3. The van der Waals surface area contributed by atoms with Crippen molar-refractivity contribution in [3.8, 4) is 5.75 Å². The maximum absolute atomic E-state index is 14.0. The summed E-state index contributed by atoms with van der Waals surface area (Å²) in [7, 11) is -4.05. The molecule has 0 spiro atoms. The number of carbonyl (C=O) groups is 1. The lowest BCUT2D eigenvalue weighted by Gasteiger charge is -2.36. The second kappa shape index (κ2) is 14.2. The smallest absolute Gasteiger partial charge is 0.264 e. The van der Waals surface area contributed by atoms with Crippen molar-refractivity contribution in [1.82, 2.24) is 19.9 Å². The van der Waals surface area contributed by atoms with Gasteiger partial charge in [0.15, 0.2) is 0 Å². The van der Waals surface area contributed by atoms with Crippen molar-refractivity contribution in [2.45, 2.75) is 43.8 Å². The monoisotopic (exact) mass is 686 g/mol. The van der Waals surface area contributed by atoms with Crippen molar-refractivity contribution >= 4 is 45.2 Å². The van der Waals surface area contributed by atoms with E-state index < -0.39 is 10.0 Å². The van der Waals surface area contributed by atoms with Crippen molar-refractivity contribution in [3.63, 3.8) is 0 Å². The van der Waals surface area contributed by atoms with Gasteiger partial charge in [-0.2, -0.15) is 15.0 Å². The van der Waals surface area contributed by atoms with Gasteiger partial charge in [-0.25, -0.2) is 8.42 Å². The minimum Gasteiger partial charge on any atom is -0.506 e. The van der Waals surface area contributed by atoms with Crippen molar-refractivity contribution in [2.24, 2.45) is 11.5 Å². The molecule has 14 nitrogen and oxygen atoms in total. The van der Waals surface area contributed by atoms with Crippen LogP contribution in [-0.4, -0.2) is 90.6 Å². The Morgan fingerprint density at radius 2 is 1.53 bits per heavy atom. The summed E-state index contributed by atoms with van der Waals surface area (Å²) in [6.07, 6.45) is 0.694. The molecule has 0 bridgehead atoms. The number of carbonyl (C=O) groups excluding carboxylic acids is 1. The van der Waals surface area contributed by atoms with Crippen LogP contribution in [0.2, 0.25) is 0 Å². The summed E-state index contributed by atoms with van der Waals surface area (Å²) in [4.78, 5) is 31.9. The van der Waals surface area contributed by atoms with Crippen LogP contribution in [0.5, 0.6) is 5.75 Å². The van der Waals surface area contributed by atoms with Gasteiger partial charge in [-0.15, -0.1) is 0 Å². The van der Waals surface area contributed by atoms with E-state index in [1.165, 1.54) is 10.4 Å². The molecule has 2 aliphatic rings. The maximum Gasteiger partial charge on any atom is 0.264 e. The van der Waals surface area contributed by atoms with Crippen LogP contribution in [-0.2, 0) is 21.4 Å². The second-order valence-electron chi connectivity index (χ2n) is 12.6. The molecule has 6 rings (SSSR count). The van der Waals surface area contributed by atoms with E-state index in [0.29, 0.717) is 63.3 Å². The Bertz CT molecular complexity index is 1880. The van der Waals surface area contributed by atoms with Crippen molar-refractivity contribution in [1.29, 1.82) is 0 Å². The van der Waals surface area contributed by atoms with E-state index in [2.05, 4.69) is 5.32 Å². The average molecular weight is 687 g/mol. The standard InChI is InChI=1S/C34H42N10O4S/c1-23-8-11-29(12-9-23)49(47,48)44(20-25-6-4-3-5-7-25)30-13-10-28(19-31(30)46)37-32-38-33(42-16-14-41(15-17-42)24(2)45)40-34(39-32)43-21-26(35)18-27(36)22-43/h3-13,19,26-27,46H,14-18,20-22,35-36H2,1-2H3,(H,37,38,39,40)/t26-,27+. The lowest BCUT2D eigenvalue weighted by Crippen LogP contribution is -2.53. The van der Waals surface area contributed by atoms with Crippen LogP contribution in [0.15, 0.2) is 77.7 Å². The lowest BCUT2D eigenvalue weighted by atomic mass is 10.0. The number of nitrogens with one attached hydrogen (secondary N) is 1. The number of phenols is 1. The highest BCUT2D eigenvalue weighted by Gasteiger charge is 2.29. The third kappa shape index (κ3) is 7.85. The normalized spacial score (nSPS) is 18.3. The summed E-state index contributed by atoms with van der Waals surface area (Å²) >= 11 is 0. The largest absolute Gasteiger partial charge is 0.506 e. The van der Waals surface area contributed by atoms with E-state index in [0.717, 1.165) is 11.1 Å². The van der Waals surface area contributed by atoms with Crippen molar-refractivity contribution in [3.05, 3.63) is 83.9 Å². The molecule has 0 aliphatic carbocycles. The number of aromatic hydroxyl groups is 1. The van der Waals surface area contributed by atoms with Gasteiger partial charge in [0.2, 0.25) is 23.8 Å². The van der Waals surface area contributed by atoms with Gasteiger partial charge < -0.3 is 36.6 Å². The van der Waals surface area contributed by atoms with Gasteiger partial charge in [0.05, 0.1) is 17.1 Å². The Kier molecular flexibility index (Phi) is 9.85. The summed E-state index contributed by atoms with van der Waals surface area (Å²) in [5, 5.41) is 14.5. The van der Waals surface area contributed by atoms with Gasteiger partial charge in [-0.1, -0.05) is 48.0 Å². The first kappa shape index (κ1) is 33.9. The molecule has 0 saturated carbocycles. The van der Waals surface area contributed by atoms with Crippen LogP contribution in [0, 0.1) is 6.92 Å². The number of rotatable bonds is 9. The lowest BCUT2D eigenvalue weighted by molar-refractivity contribution is -0.129. The molecule has 2 aliphatic heterocycles. The topological polar surface area (TPSA) is 187 Å². The molecular weight excluding hydrogens is 645 g/mol. The minimum atomic E-state index is -4.05. The number of phenolic OH excluding ortho intramolecular Hbond substituents is 1. The van der Waals surface area contributed by atoms with E-state index in [-0.39, 0.29) is 46.8 Å². The van der Waals surface area contributed by atoms with Gasteiger partial charge in [-0.05, 0) is 43.2 Å². The van der Waals surface area contributed by atoms with Crippen LogP contribution < -0.4 is 30.9 Å². The summed E-state index contributed by atoms with van der Waals surface area (Å²) in [6, 6.07) is 20.2. The number of nitrogens with zero attached hydrogens (tertiary/aromatic N) is 7. The van der Waals surface area contributed by atoms with Crippen LogP contribution in [0.4, 0.5) is 29.2 Å². The van der Waals surface area contributed by atoms with E-state index >= 15 is 0 Å². The van der Waals surface area contributed by atoms with Gasteiger partial charge in [0.25, 0.3) is 10.0 Å². The number of hydrogen-bond donors (Lipinski definition) is 4. The van der Waals surface area contributed by atoms with Crippen LogP contribution in [0.3, 0.4) is 0 Å². The number of piperazine rings is 1. The molecule has 2 saturated heterocycles. The number of piperidine rings is 1. The van der Waals surface area contributed by atoms with Gasteiger partial charge in [0.1, 0.15) is 5.75 Å². The molecule has 3 heterocycles. The molecule has 1 amide bonds. The third-order valence-electron chi connectivity index (χ3n) is 8.70. The molecule has 2 fully saturated rings. The van der Waals surface area contributed by atoms with Crippen LogP contribution in [0.1, 0.15) is 24.5 Å². The Balaban J connectivity index is 1.32. The zero-order valence-corrected chi connectivity index (χ0v) is 28.4. The number of anilines is 5. The summed E-state index contributed by atoms with van der Waals surface area (Å²) in [6.45, 7) is 6.67. The first-order valence-corrected chi connectivity index (χ1v) is 17.7. The number of amides is 1. The van der Waals surface area contributed by atoms with Gasteiger partial charge >= 0.3 is 0 Å². The molecule has 6 N–H and O–H groups in total. The molecular formula is C34H42N10O4S. The van der Waals surface area contributed by atoms with Gasteiger partial charge in [-0.3, -0.25) is 9.10 Å². The Labute approximate surface area is 286 Å². The number of nitrogens with two attached hydrogens (primary N) is 2. The number of sulfonamides is 1. The highest BCUT2D eigenvalue weighted by Crippen LogP contribution is 2.36. The zero-order chi connectivity index (χ0) is 34.7. The van der Waals surface area contributed by atoms with E-state index in [1.54, 1.807) is 48.2 Å². The summed E-state index contributed by atoms with van der Waals surface area (Å²) in [5.74, 6) is 0.835. The summed E-state index contributed by atoms with van der Waals surface area (Å²) < 4.78 is 29.2. The Hall–Kier alpha value is -4.99. The first-order valence-electron chi connectivity index (χ1n) is 16.2. The molecule has 4 aromatic rings. The first-order chi connectivity index (χ1) is 23.5. The molecule has 15 heteroatoms. The predicted octanol–water partition coefficient (Wildman–Crippen LogP) is 2.56. The fourth-order valence-electron chi connectivity index (χ4n) is 6.08. The fourth-order valence-corrected chi connectivity index (χ4v) is 7.55. The van der Waals surface area contributed by atoms with E-state index in [4.69, 9.17) is 26.4 Å².